The van der Waals surface area contributed by atoms with Crippen LogP contribution in [0.15, 0.2) is 11.4 Å². The van der Waals surface area contributed by atoms with Crippen molar-refractivity contribution in [2.75, 3.05) is 12.3 Å². The Kier molecular flexibility index (Phi) is 3.75. The molecule has 0 radical (unpaired) electrons. The van der Waals surface area contributed by atoms with Gasteiger partial charge in [0, 0.05) is 22.2 Å². The second kappa shape index (κ2) is 5.53. The molecule has 2 N–H and O–H groups in total. The molecular weight excluding hydrogens is 294 g/mol. The number of hydrogen-bond donors (Lipinski definition) is 2. The van der Waals surface area contributed by atoms with Crippen LogP contribution in [0.3, 0.4) is 0 Å². The van der Waals surface area contributed by atoms with Crippen LogP contribution in [0.5, 0.6) is 0 Å². The number of rotatable bonds is 4. The van der Waals surface area contributed by atoms with Gasteiger partial charge < -0.3 is 5.32 Å². The number of aromatic nitrogens is 4. The lowest BCUT2D eigenvalue weighted by Gasteiger charge is -2.22. The Morgan fingerprint density at radius 2 is 2.50 bits per heavy atom. The summed E-state index contributed by atoms with van der Waals surface area (Å²) < 4.78 is 0.184. The molecule has 3 heterocycles. The Balaban J connectivity index is 1.63. The van der Waals surface area contributed by atoms with Crippen molar-refractivity contribution >= 4 is 29.0 Å². The summed E-state index contributed by atoms with van der Waals surface area (Å²) in [4.78, 5) is 12.8. The minimum Gasteiger partial charge on any atom is -0.350 e. The molecule has 0 bridgehead atoms. The molecular formula is C12H15N5OS2. The van der Waals surface area contributed by atoms with E-state index in [0.29, 0.717) is 17.2 Å². The van der Waals surface area contributed by atoms with E-state index in [4.69, 9.17) is 0 Å². The molecule has 8 heteroatoms. The molecule has 6 nitrogen and oxygen atoms in total. The van der Waals surface area contributed by atoms with Crippen LogP contribution in [0.2, 0.25) is 0 Å². The normalized spacial score (nSPS) is 22.1. The maximum absolute atomic E-state index is 12.2. The Bertz CT molecular complexity index is 589. The number of nitrogens with zero attached hydrogens (tertiary/aromatic N) is 3. The zero-order valence-electron chi connectivity index (χ0n) is 11.0. The standard InChI is InChI=1S/C12H15N5OS2/c1-12(3-2-4-20-12)7-13-11(18)9-5-8(6-19-9)10-14-16-17-15-10/h5-6H,2-4,7H2,1H3,(H,13,18)(H,14,15,16,17). The summed E-state index contributed by atoms with van der Waals surface area (Å²) in [5.41, 5.74) is 0.815. The number of carbonyl (C=O) groups is 1. The van der Waals surface area contributed by atoms with E-state index in [2.05, 4.69) is 32.9 Å². The summed E-state index contributed by atoms with van der Waals surface area (Å²) >= 11 is 3.34. The number of thioether (sulfide) groups is 1. The van der Waals surface area contributed by atoms with Gasteiger partial charge in [0.15, 0.2) is 0 Å². The lowest BCUT2D eigenvalue weighted by atomic mass is 10.1. The average molecular weight is 309 g/mol. The third-order valence-corrected chi connectivity index (χ3v) is 5.82. The zero-order chi connectivity index (χ0) is 14.0. The van der Waals surface area contributed by atoms with Crippen LogP contribution in [0, 0.1) is 0 Å². The van der Waals surface area contributed by atoms with Crippen LogP contribution in [0.4, 0.5) is 0 Å². The molecule has 1 atom stereocenters. The van der Waals surface area contributed by atoms with E-state index in [1.54, 1.807) is 6.07 Å². The van der Waals surface area contributed by atoms with Gasteiger partial charge in [0.05, 0.1) is 4.88 Å². The van der Waals surface area contributed by atoms with E-state index < -0.39 is 0 Å². The van der Waals surface area contributed by atoms with Crippen molar-refractivity contribution in [2.45, 2.75) is 24.5 Å². The van der Waals surface area contributed by atoms with E-state index in [1.165, 1.54) is 23.5 Å². The first kappa shape index (κ1) is 13.6. The van der Waals surface area contributed by atoms with Crippen LogP contribution in [0.1, 0.15) is 29.4 Å². The first-order valence-corrected chi connectivity index (χ1v) is 8.27. The molecule has 0 spiro atoms. The molecule has 0 aromatic carbocycles. The zero-order valence-corrected chi connectivity index (χ0v) is 12.7. The molecule has 1 unspecified atom stereocenters. The molecule has 1 aliphatic heterocycles. The number of amides is 1. The van der Waals surface area contributed by atoms with Gasteiger partial charge in [-0.3, -0.25) is 4.79 Å². The highest BCUT2D eigenvalue weighted by atomic mass is 32.2. The molecule has 3 rings (SSSR count). The molecule has 1 aliphatic rings. The van der Waals surface area contributed by atoms with Crippen molar-refractivity contribution in [3.05, 3.63) is 16.3 Å². The largest absolute Gasteiger partial charge is 0.350 e. The van der Waals surface area contributed by atoms with Gasteiger partial charge in [-0.15, -0.1) is 21.5 Å². The first-order chi connectivity index (χ1) is 9.66. The van der Waals surface area contributed by atoms with Gasteiger partial charge in [0.25, 0.3) is 5.91 Å². The minimum absolute atomic E-state index is 0.0292. The van der Waals surface area contributed by atoms with Gasteiger partial charge in [-0.25, -0.2) is 0 Å². The fourth-order valence-electron chi connectivity index (χ4n) is 2.19. The summed E-state index contributed by atoms with van der Waals surface area (Å²) in [5, 5.41) is 18.6. The number of nitrogens with one attached hydrogen (secondary N) is 2. The molecule has 2 aromatic rings. The smallest absolute Gasteiger partial charge is 0.261 e. The lowest BCUT2D eigenvalue weighted by molar-refractivity contribution is 0.0954. The predicted molar refractivity (Wildman–Crippen MR) is 79.9 cm³/mol. The molecule has 2 aromatic heterocycles. The van der Waals surface area contributed by atoms with E-state index in [9.17, 15) is 4.79 Å². The summed E-state index contributed by atoms with van der Waals surface area (Å²) in [6.07, 6.45) is 2.40. The van der Waals surface area contributed by atoms with Crippen LogP contribution < -0.4 is 5.32 Å². The highest BCUT2D eigenvalue weighted by Crippen LogP contribution is 2.37. The van der Waals surface area contributed by atoms with Crippen molar-refractivity contribution in [1.82, 2.24) is 25.9 Å². The van der Waals surface area contributed by atoms with Crippen molar-refractivity contribution < 1.29 is 4.79 Å². The molecule has 0 saturated carbocycles. The van der Waals surface area contributed by atoms with Gasteiger partial charge in [0.2, 0.25) is 5.82 Å². The average Bonchev–Trinajstić information content (AvgIpc) is 3.16. The monoisotopic (exact) mass is 309 g/mol. The fraction of sp³-hybridized carbons (Fsp3) is 0.500. The highest BCUT2D eigenvalue weighted by molar-refractivity contribution is 8.00. The predicted octanol–water partition coefficient (Wildman–Crippen LogP) is 1.94. The SMILES string of the molecule is CC1(CNC(=O)c2cc(-c3nn[nH]n3)cs2)CCCS1. The van der Waals surface area contributed by atoms with Crippen molar-refractivity contribution in [3.8, 4) is 11.4 Å². The van der Waals surface area contributed by atoms with Crippen molar-refractivity contribution in [2.24, 2.45) is 0 Å². The molecule has 106 valence electrons. The number of tetrazole rings is 1. The number of carbonyl (C=O) groups excluding carboxylic acids is 1. The molecule has 0 aliphatic carbocycles. The fourth-order valence-corrected chi connectivity index (χ4v) is 4.23. The van der Waals surface area contributed by atoms with Crippen LogP contribution in [0.25, 0.3) is 11.4 Å². The number of hydrogen-bond acceptors (Lipinski definition) is 6. The van der Waals surface area contributed by atoms with Crippen molar-refractivity contribution in [3.63, 3.8) is 0 Å². The molecule has 1 fully saturated rings. The number of H-pyrrole nitrogens is 1. The lowest BCUT2D eigenvalue weighted by Crippen LogP contribution is -2.36. The Labute approximate surface area is 124 Å². The van der Waals surface area contributed by atoms with E-state index in [-0.39, 0.29) is 10.7 Å². The van der Waals surface area contributed by atoms with E-state index in [1.807, 2.05) is 17.1 Å². The van der Waals surface area contributed by atoms with Gasteiger partial charge in [-0.1, -0.05) is 0 Å². The first-order valence-electron chi connectivity index (χ1n) is 6.41. The molecule has 1 amide bonds. The van der Waals surface area contributed by atoms with Crippen molar-refractivity contribution in [1.29, 1.82) is 0 Å². The van der Waals surface area contributed by atoms with E-state index in [0.717, 1.165) is 12.0 Å². The number of thiophene rings is 1. The molecule has 20 heavy (non-hydrogen) atoms. The summed E-state index contributed by atoms with van der Waals surface area (Å²) in [5.74, 6) is 1.67. The molecule has 1 saturated heterocycles. The Morgan fingerprint density at radius 3 is 3.20 bits per heavy atom. The Hall–Kier alpha value is -1.41. The quantitative estimate of drug-likeness (QED) is 0.902. The van der Waals surface area contributed by atoms with Gasteiger partial charge in [-0.2, -0.15) is 17.0 Å². The Morgan fingerprint density at radius 1 is 1.60 bits per heavy atom. The summed E-state index contributed by atoms with van der Waals surface area (Å²) in [6, 6.07) is 1.80. The second-order valence-corrected chi connectivity index (χ2v) is 7.61. The van der Waals surface area contributed by atoms with Crippen LogP contribution >= 0.6 is 23.1 Å². The topological polar surface area (TPSA) is 83.6 Å². The summed E-state index contributed by atoms with van der Waals surface area (Å²) in [7, 11) is 0. The minimum atomic E-state index is -0.0292. The van der Waals surface area contributed by atoms with E-state index >= 15 is 0 Å². The maximum atomic E-state index is 12.2. The second-order valence-electron chi connectivity index (χ2n) is 5.02. The van der Waals surface area contributed by atoms with Gasteiger partial charge in [-0.05, 0) is 36.8 Å². The highest BCUT2D eigenvalue weighted by Gasteiger charge is 2.30. The number of aromatic amines is 1. The van der Waals surface area contributed by atoms with Gasteiger partial charge >= 0.3 is 0 Å². The van der Waals surface area contributed by atoms with Crippen LogP contribution in [-0.4, -0.2) is 43.6 Å². The third kappa shape index (κ3) is 2.85. The third-order valence-electron chi connectivity index (χ3n) is 3.35. The summed E-state index contributed by atoms with van der Waals surface area (Å²) in [6.45, 7) is 2.93. The van der Waals surface area contributed by atoms with Crippen LogP contribution in [-0.2, 0) is 0 Å². The van der Waals surface area contributed by atoms with Gasteiger partial charge in [0.1, 0.15) is 0 Å². The maximum Gasteiger partial charge on any atom is 0.261 e.